The summed E-state index contributed by atoms with van der Waals surface area (Å²) in [6.45, 7) is 2.35. The molecular weight excluding hydrogens is 414 g/mol. The Morgan fingerprint density at radius 1 is 1.10 bits per heavy atom. The Labute approximate surface area is 188 Å². The highest BCUT2D eigenvalue weighted by atomic mass is 35.5. The molecule has 2 aliphatic rings. The fourth-order valence-corrected chi connectivity index (χ4v) is 4.69. The summed E-state index contributed by atoms with van der Waals surface area (Å²) < 4.78 is 5.33. The van der Waals surface area contributed by atoms with Crippen LogP contribution in [0.1, 0.15) is 36.4 Å². The van der Waals surface area contributed by atoms with E-state index in [1.807, 2.05) is 28.0 Å². The summed E-state index contributed by atoms with van der Waals surface area (Å²) in [6, 6.07) is 12.7. The van der Waals surface area contributed by atoms with Crippen molar-refractivity contribution in [1.29, 1.82) is 0 Å². The van der Waals surface area contributed by atoms with Crippen molar-refractivity contribution >= 4 is 29.1 Å². The lowest BCUT2D eigenvalue weighted by Gasteiger charge is -2.39. The van der Waals surface area contributed by atoms with E-state index in [-0.39, 0.29) is 18.4 Å². The van der Waals surface area contributed by atoms with Crippen molar-refractivity contribution in [3.63, 3.8) is 0 Å². The quantitative estimate of drug-likeness (QED) is 0.764. The summed E-state index contributed by atoms with van der Waals surface area (Å²) in [5.74, 6) is 0.444. The largest absolute Gasteiger partial charge is 0.495 e. The molecule has 0 unspecified atom stereocenters. The van der Waals surface area contributed by atoms with E-state index in [9.17, 15) is 9.59 Å². The lowest BCUT2D eigenvalue weighted by molar-refractivity contribution is -0.139. The number of carbonyl (C=O) groups is 2. The zero-order valence-electron chi connectivity index (χ0n) is 17.8. The Kier molecular flexibility index (Phi) is 6.78. The van der Waals surface area contributed by atoms with E-state index in [1.54, 1.807) is 25.3 Å². The SMILES string of the molecule is COc1ccc(Cl)cc1NC(=O)CN1CCc2ccccc2[C@@H]1C(=O)N1CCCCC1. The van der Waals surface area contributed by atoms with Gasteiger partial charge in [-0.25, -0.2) is 0 Å². The number of carbonyl (C=O) groups excluding carboxylic acids is 2. The Morgan fingerprint density at radius 2 is 1.87 bits per heavy atom. The number of likely N-dealkylation sites (tertiary alicyclic amines) is 1. The van der Waals surface area contributed by atoms with Crippen molar-refractivity contribution in [1.82, 2.24) is 9.80 Å². The highest BCUT2D eigenvalue weighted by Crippen LogP contribution is 2.33. The van der Waals surface area contributed by atoms with E-state index in [4.69, 9.17) is 16.3 Å². The van der Waals surface area contributed by atoms with E-state index >= 15 is 0 Å². The summed E-state index contributed by atoms with van der Waals surface area (Å²) in [4.78, 5) is 30.4. The van der Waals surface area contributed by atoms with Gasteiger partial charge in [-0.05, 0) is 55.0 Å². The zero-order valence-corrected chi connectivity index (χ0v) is 18.5. The Hall–Kier alpha value is -2.57. The smallest absolute Gasteiger partial charge is 0.244 e. The number of anilines is 1. The average molecular weight is 442 g/mol. The number of benzene rings is 2. The maximum atomic E-state index is 13.5. The molecule has 2 heterocycles. The molecule has 31 heavy (non-hydrogen) atoms. The first-order chi connectivity index (χ1) is 15.1. The van der Waals surface area contributed by atoms with Crippen molar-refractivity contribution in [2.75, 3.05) is 38.6 Å². The second-order valence-corrected chi connectivity index (χ2v) is 8.54. The molecule has 2 aromatic rings. The summed E-state index contributed by atoms with van der Waals surface area (Å²) in [5.41, 5.74) is 2.72. The van der Waals surface area contributed by atoms with Gasteiger partial charge in [0, 0.05) is 24.7 Å². The minimum atomic E-state index is -0.435. The van der Waals surface area contributed by atoms with Gasteiger partial charge in [0.25, 0.3) is 0 Å². The second kappa shape index (κ2) is 9.71. The topological polar surface area (TPSA) is 61.9 Å². The van der Waals surface area contributed by atoms with E-state index in [2.05, 4.69) is 11.4 Å². The fourth-order valence-electron chi connectivity index (χ4n) is 4.52. The number of ether oxygens (including phenoxy) is 1. The number of hydrogen-bond acceptors (Lipinski definition) is 4. The highest BCUT2D eigenvalue weighted by Gasteiger charge is 2.36. The molecule has 0 radical (unpaired) electrons. The van der Waals surface area contributed by atoms with Gasteiger partial charge in [-0.3, -0.25) is 14.5 Å². The molecule has 2 aliphatic heterocycles. The van der Waals surface area contributed by atoms with Crippen LogP contribution in [0.4, 0.5) is 5.69 Å². The Bertz CT molecular complexity index is 959. The number of hydrogen-bond donors (Lipinski definition) is 1. The second-order valence-electron chi connectivity index (χ2n) is 8.10. The molecule has 0 aliphatic carbocycles. The molecule has 1 N–H and O–H groups in total. The van der Waals surface area contributed by atoms with Crippen LogP contribution in [-0.4, -0.2) is 54.9 Å². The molecule has 0 aromatic heterocycles. The van der Waals surface area contributed by atoms with E-state index in [0.717, 1.165) is 37.9 Å². The van der Waals surface area contributed by atoms with E-state index in [0.29, 0.717) is 23.0 Å². The summed E-state index contributed by atoms with van der Waals surface area (Å²) in [6.07, 6.45) is 4.05. The molecule has 1 fully saturated rings. The van der Waals surface area contributed by atoms with Gasteiger partial charge in [0.1, 0.15) is 11.8 Å². The lowest BCUT2D eigenvalue weighted by Crippen LogP contribution is -2.49. The standard InChI is InChI=1S/C24H28ClN3O3/c1-31-21-10-9-18(25)15-20(21)26-22(29)16-28-14-11-17-7-3-4-8-19(17)23(28)24(30)27-12-5-2-6-13-27/h3-4,7-10,15,23H,2,5-6,11-14,16H2,1H3,(H,26,29)/t23-/m1/s1. The number of halogens is 1. The monoisotopic (exact) mass is 441 g/mol. The van der Waals surface area contributed by atoms with Gasteiger partial charge < -0.3 is 15.0 Å². The molecule has 2 aromatic carbocycles. The minimum absolute atomic E-state index is 0.0972. The Balaban J connectivity index is 1.55. The number of fused-ring (bicyclic) bond motifs is 1. The van der Waals surface area contributed by atoms with Gasteiger partial charge in [-0.2, -0.15) is 0 Å². The van der Waals surface area contributed by atoms with Crippen LogP contribution >= 0.6 is 11.6 Å². The molecular formula is C24H28ClN3O3. The highest BCUT2D eigenvalue weighted by molar-refractivity contribution is 6.31. The van der Waals surface area contributed by atoms with Crippen molar-refractivity contribution < 1.29 is 14.3 Å². The number of nitrogens with one attached hydrogen (secondary N) is 1. The van der Waals surface area contributed by atoms with Gasteiger partial charge >= 0.3 is 0 Å². The predicted octanol–water partition coefficient (Wildman–Crippen LogP) is 3.90. The van der Waals surface area contributed by atoms with Crippen LogP contribution < -0.4 is 10.1 Å². The maximum Gasteiger partial charge on any atom is 0.244 e. The third-order valence-electron chi connectivity index (χ3n) is 6.07. The summed E-state index contributed by atoms with van der Waals surface area (Å²) >= 11 is 6.09. The van der Waals surface area contributed by atoms with Gasteiger partial charge in [0.05, 0.1) is 19.3 Å². The number of nitrogens with zero attached hydrogens (tertiary/aromatic N) is 2. The molecule has 6 nitrogen and oxygen atoms in total. The van der Waals surface area contributed by atoms with E-state index < -0.39 is 6.04 Å². The van der Waals surface area contributed by atoms with Gasteiger partial charge in [-0.15, -0.1) is 0 Å². The number of piperidine rings is 1. The summed E-state index contributed by atoms with van der Waals surface area (Å²) in [7, 11) is 1.55. The third-order valence-corrected chi connectivity index (χ3v) is 6.30. The number of methoxy groups -OCH3 is 1. The maximum absolute atomic E-state index is 13.5. The van der Waals surface area contributed by atoms with Gasteiger partial charge in [-0.1, -0.05) is 35.9 Å². The molecule has 164 valence electrons. The van der Waals surface area contributed by atoms with Crippen LogP contribution in [0.15, 0.2) is 42.5 Å². The summed E-state index contributed by atoms with van der Waals surface area (Å²) in [5, 5.41) is 3.41. The first-order valence-corrected chi connectivity index (χ1v) is 11.2. The molecule has 1 atom stereocenters. The van der Waals surface area contributed by atoms with Gasteiger partial charge in [0.15, 0.2) is 0 Å². The lowest BCUT2D eigenvalue weighted by atomic mass is 9.91. The van der Waals surface area contributed by atoms with Crippen LogP contribution in [0.2, 0.25) is 5.02 Å². The normalized spacial score (nSPS) is 18.9. The van der Waals surface area contributed by atoms with Crippen molar-refractivity contribution in [2.24, 2.45) is 0 Å². The third kappa shape index (κ3) is 4.86. The van der Waals surface area contributed by atoms with Crippen molar-refractivity contribution in [2.45, 2.75) is 31.7 Å². The fraction of sp³-hybridized carbons (Fsp3) is 0.417. The molecule has 1 saturated heterocycles. The van der Waals surface area contributed by atoms with Crippen LogP contribution in [0.25, 0.3) is 0 Å². The van der Waals surface area contributed by atoms with E-state index in [1.165, 1.54) is 12.0 Å². The number of amides is 2. The zero-order chi connectivity index (χ0) is 21.8. The first-order valence-electron chi connectivity index (χ1n) is 10.8. The molecule has 4 rings (SSSR count). The van der Waals surface area contributed by atoms with Crippen molar-refractivity contribution in [3.8, 4) is 5.75 Å². The molecule has 0 bridgehead atoms. The van der Waals surface area contributed by atoms with Crippen LogP contribution in [0, 0.1) is 0 Å². The van der Waals surface area contributed by atoms with Crippen LogP contribution in [-0.2, 0) is 16.0 Å². The molecule has 0 saturated carbocycles. The van der Waals surface area contributed by atoms with Crippen LogP contribution in [0.3, 0.4) is 0 Å². The van der Waals surface area contributed by atoms with Crippen molar-refractivity contribution in [3.05, 3.63) is 58.6 Å². The average Bonchev–Trinajstić information content (AvgIpc) is 2.79. The molecule has 2 amide bonds. The first kappa shape index (κ1) is 21.7. The predicted molar refractivity (Wildman–Crippen MR) is 122 cm³/mol. The Morgan fingerprint density at radius 3 is 2.65 bits per heavy atom. The van der Waals surface area contributed by atoms with Crippen LogP contribution in [0.5, 0.6) is 5.75 Å². The number of rotatable bonds is 5. The van der Waals surface area contributed by atoms with Gasteiger partial charge in [0.2, 0.25) is 11.8 Å². The minimum Gasteiger partial charge on any atom is -0.495 e. The molecule has 7 heteroatoms. The molecule has 0 spiro atoms.